The third-order valence-electron chi connectivity index (χ3n) is 3.93. The van der Waals surface area contributed by atoms with Crippen LogP contribution in [0.2, 0.25) is 0 Å². The second-order valence-corrected chi connectivity index (χ2v) is 6.30. The van der Waals surface area contributed by atoms with E-state index in [1.54, 1.807) is 13.0 Å². The predicted octanol–water partition coefficient (Wildman–Crippen LogP) is 2.81. The molecule has 0 bridgehead atoms. The number of hydrogen-bond acceptors (Lipinski definition) is 5. The van der Waals surface area contributed by atoms with Crippen LogP contribution in [0.25, 0.3) is 0 Å². The SMILES string of the molecule is Cc1cc(CC(=O)N[C@H](c2ccc3c(c2)OCCO3)C(C)C)no1. The van der Waals surface area contributed by atoms with Gasteiger partial charge in [0.15, 0.2) is 11.5 Å². The molecule has 0 spiro atoms. The van der Waals surface area contributed by atoms with E-state index in [0.717, 1.165) is 17.1 Å². The fourth-order valence-corrected chi connectivity index (χ4v) is 2.78. The van der Waals surface area contributed by atoms with Gasteiger partial charge < -0.3 is 19.3 Å². The summed E-state index contributed by atoms with van der Waals surface area (Å²) >= 11 is 0. The molecule has 0 unspecified atom stereocenters. The van der Waals surface area contributed by atoms with Gasteiger partial charge >= 0.3 is 0 Å². The van der Waals surface area contributed by atoms with Crippen LogP contribution < -0.4 is 14.8 Å². The number of carbonyl (C=O) groups is 1. The average Bonchev–Trinajstić information content (AvgIpc) is 2.96. The highest BCUT2D eigenvalue weighted by Gasteiger charge is 2.22. The minimum Gasteiger partial charge on any atom is -0.486 e. The zero-order valence-corrected chi connectivity index (χ0v) is 14.2. The molecule has 1 N–H and O–H groups in total. The standard InChI is InChI=1S/C18H22N2O4/c1-11(2)18(19-17(21)10-14-8-12(3)24-20-14)13-4-5-15-16(9-13)23-7-6-22-15/h4-5,8-9,11,18H,6-7,10H2,1-3H3,(H,19,21)/t18-/m0/s1. The molecule has 0 saturated carbocycles. The summed E-state index contributed by atoms with van der Waals surface area (Å²) in [5.74, 6) is 2.32. The van der Waals surface area contributed by atoms with E-state index >= 15 is 0 Å². The number of aryl methyl sites for hydroxylation is 1. The first-order chi connectivity index (χ1) is 11.5. The van der Waals surface area contributed by atoms with E-state index < -0.39 is 0 Å². The van der Waals surface area contributed by atoms with E-state index in [4.69, 9.17) is 14.0 Å². The average molecular weight is 330 g/mol. The van der Waals surface area contributed by atoms with Gasteiger partial charge in [-0.05, 0) is 30.5 Å². The summed E-state index contributed by atoms with van der Waals surface area (Å²) in [4.78, 5) is 12.3. The summed E-state index contributed by atoms with van der Waals surface area (Å²) in [6.45, 7) is 7.05. The van der Waals surface area contributed by atoms with Gasteiger partial charge in [-0.25, -0.2) is 0 Å². The zero-order valence-electron chi connectivity index (χ0n) is 14.2. The molecule has 1 aromatic carbocycles. The highest BCUT2D eigenvalue weighted by atomic mass is 16.6. The van der Waals surface area contributed by atoms with Crippen LogP contribution in [-0.2, 0) is 11.2 Å². The molecule has 24 heavy (non-hydrogen) atoms. The summed E-state index contributed by atoms with van der Waals surface area (Å²) in [7, 11) is 0. The van der Waals surface area contributed by atoms with Gasteiger partial charge in [-0.1, -0.05) is 25.1 Å². The van der Waals surface area contributed by atoms with Gasteiger partial charge in [-0.2, -0.15) is 0 Å². The number of carbonyl (C=O) groups excluding carboxylic acids is 1. The molecule has 2 aromatic rings. The fraction of sp³-hybridized carbons (Fsp3) is 0.444. The molecule has 6 nitrogen and oxygen atoms in total. The molecule has 1 aliphatic rings. The third kappa shape index (κ3) is 3.69. The number of benzene rings is 1. The second-order valence-electron chi connectivity index (χ2n) is 6.30. The van der Waals surface area contributed by atoms with Crippen molar-refractivity contribution < 1.29 is 18.8 Å². The molecule has 1 amide bonds. The Morgan fingerprint density at radius 2 is 1.96 bits per heavy atom. The molecule has 3 rings (SSSR count). The number of hydrogen-bond donors (Lipinski definition) is 1. The second kappa shape index (κ2) is 6.95. The Morgan fingerprint density at radius 3 is 2.62 bits per heavy atom. The van der Waals surface area contributed by atoms with Crippen LogP contribution in [0.3, 0.4) is 0 Å². The van der Waals surface area contributed by atoms with Crippen LogP contribution in [0, 0.1) is 12.8 Å². The van der Waals surface area contributed by atoms with Gasteiger partial charge in [-0.15, -0.1) is 0 Å². The maximum Gasteiger partial charge on any atom is 0.226 e. The maximum absolute atomic E-state index is 12.3. The van der Waals surface area contributed by atoms with Crippen LogP contribution >= 0.6 is 0 Å². The van der Waals surface area contributed by atoms with Crippen molar-refractivity contribution in [3.63, 3.8) is 0 Å². The summed E-state index contributed by atoms with van der Waals surface area (Å²) < 4.78 is 16.2. The first-order valence-electron chi connectivity index (χ1n) is 8.14. The fourth-order valence-electron chi connectivity index (χ4n) is 2.78. The molecule has 1 aliphatic heterocycles. The van der Waals surface area contributed by atoms with E-state index in [1.165, 1.54) is 0 Å². The highest BCUT2D eigenvalue weighted by Crippen LogP contribution is 2.34. The topological polar surface area (TPSA) is 73.6 Å². The van der Waals surface area contributed by atoms with Gasteiger partial charge in [-0.3, -0.25) is 4.79 Å². The molecular weight excluding hydrogens is 308 g/mol. The van der Waals surface area contributed by atoms with Crippen molar-refractivity contribution in [2.75, 3.05) is 13.2 Å². The van der Waals surface area contributed by atoms with Crippen LogP contribution in [0.4, 0.5) is 0 Å². The lowest BCUT2D eigenvalue weighted by Gasteiger charge is -2.25. The Morgan fingerprint density at radius 1 is 1.21 bits per heavy atom. The first-order valence-corrected chi connectivity index (χ1v) is 8.14. The Bertz CT molecular complexity index is 724. The van der Waals surface area contributed by atoms with E-state index in [1.807, 2.05) is 18.2 Å². The number of amides is 1. The van der Waals surface area contributed by atoms with Crippen molar-refractivity contribution in [1.29, 1.82) is 0 Å². The number of fused-ring (bicyclic) bond motifs is 1. The van der Waals surface area contributed by atoms with Crippen molar-refractivity contribution >= 4 is 5.91 Å². The zero-order chi connectivity index (χ0) is 17.1. The van der Waals surface area contributed by atoms with Gasteiger partial charge in [0.25, 0.3) is 0 Å². The molecule has 6 heteroatoms. The monoisotopic (exact) mass is 330 g/mol. The minimum atomic E-state index is -0.110. The van der Waals surface area contributed by atoms with Gasteiger partial charge in [0.1, 0.15) is 19.0 Å². The maximum atomic E-state index is 12.3. The number of aromatic nitrogens is 1. The lowest BCUT2D eigenvalue weighted by Crippen LogP contribution is -2.33. The minimum absolute atomic E-state index is 0.0862. The van der Waals surface area contributed by atoms with Crippen LogP contribution in [0.1, 0.15) is 36.9 Å². The summed E-state index contributed by atoms with van der Waals surface area (Å²) in [5.41, 5.74) is 1.63. The Hall–Kier alpha value is -2.50. The lowest BCUT2D eigenvalue weighted by molar-refractivity contribution is -0.121. The molecule has 0 saturated heterocycles. The van der Waals surface area contributed by atoms with Gasteiger partial charge in [0.05, 0.1) is 18.2 Å². The molecule has 1 atom stereocenters. The normalized spacial score (nSPS) is 14.5. The largest absolute Gasteiger partial charge is 0.486 e. The molecule has 0 aliphatic carbocycles. The number of rotatable bonds is 5. The number of ether oxygens (including phenoxy) is 2. The molecule has 1 aromatic heterocycles. The molecule has 0 radical (unpaired) electrons. The highest BCUT2D eigenvalue weighted by molar-refractivity contribution is 5.78. The number of nitrogens with zero attached hydrogens (tertiary/aromatic N) is 1. The summed E-state index contributed by atoms with van der Waals surface area (Å²) in [6, 6.07) is 7.47. The van der Waals surface area contributed by atoms with E-state index in [2.05, 4.69) is 24.3 Å². The van der Waals surface area contributed by atoms with Crippen LogP contribution in [0.15, 0.2) is 28.8 Å². The van der Waals surface area contributed by atoms with Crippen molar-refractivity contribution in [2.24, 2.45) is 5.92 Å². The van der Waals surface area contributed by atoms with Crippen molar-refractivity contribution in [2.45, 2.75) is 33.2 Å². The van der Waals surface area contributed by atoms with Crippen LogP contribution in [0.5, 0.6) is 11.5 Å². The first kappa shape index (κ1) is 16.4. The molecule has 0 fully saturated rings. The van der Waals surface area contributed by atoms with Crippen molar-refractivity contribution in [3.05, 3.63) is 41.3 Å². The Labute approximate surface area is 141 Å². The summed E-state index contributed by atoms with van der Waals surface area (Å²) in [5, 5.41) is 6.95. The molecular formula is C18H22N2O4. The van der Waals surface area contributed by atoms with Crippen molar-refractivity contribution in [1.82, 2.24) is 10.5 Å². The smallest absolute Gasteiger partial charge is 0.226 e. The summed E-state index contributed by atoms with van der Waals surface area (Å²) in [6.07, 6.45) is 0.200. The Balaban J connectivity index is 1.73. The van der Waals surface area contributed by atoms with E-state index in [0.29, 0.717) is 24.7 Å². The van der Waals surface area contributed by atoms with Gasteiger partial charge in [0, 0.05) is 6.07 Å². The van der Waals surface area contributed by atoms with Crippen LogP contribution in [-0.4, -0.2) is 24.3 Å². The van der Waals surface area contributed by atoms with E-state index in [-0.39, 0.29) is 24.3 Å². The van der Waals surface area contributed by atoms with Crippen molar-refractivity contribution in [3.8, 4) is 11.5 Å². The quantitative estimate of drug-likeness (QED) is 0.912. The predicted molar refractivity (Wildman–Crippen MR) is 88.1 cm³/mol. The van der Waals surface area contributed by atoms with E-state index in [9.17, 15) is 4.79 Å². The Kier molecular flexibility index (Phi) is 4.74. The molecule has 128 valence electrons. The molecule has 2 heterocycles. The lowest BCUT2D eigenvalue weighted by atomic mass is 9.95. The third-order valence-corrected chi connectivity index (χ3v) is 3.93. The van der Waals surface area contributed by atoms with Gasteiger partial charge in [0.2, 0.25) is 5.91 Å². The number of nitrogens with one attached hydrogen (secondary N) is 1.